The molecule has 0 aliphatic carbocycles. The number of ether oxygens (including phenoxy) is 1. The van der Waals surface area contributed by atoms with Crippen molar-refractivity contribution in [3.63, 3.8) is 0 Å². The van der Waals surface area contributed by atoms with Gasteiger partial charge in [-0.3, -0.25) is 9.59 Å². The van der Waals surface area contributed by atoms with E-state index in [1.54, 1.807) is 7.05 Å². The molecule has 7 nitrogen and oxygen atoms in total. The van der Waals surface area contributed by atoms with Gasteiger partial charge in [0.2, 0.25) is 0 Å². The molecule has 0 bridgehead atoms. The number of rotatable bonds is 3. The maximum absolute atomic E-state index is 12.0. The van der Waals surface area contributed by atoms with Gasteiger partial charge in [0, 0.05) is 27.2 Å². The van der Waals surface area contributed by atoms with Crippen LogP contribution in [-0.2, 0) is 4.74 Å². The quantitative estimate of drug-likeness (QED) is 0.723. The van der Waals surface area contributed by atoms with E-state index >= 15 is 0 Å². The molecule has 0 atom stereocenters. The zero-order valence-corrected chi connectivity index (χ0v) is 12.3. The average Bonchev–Trinajstić information content (AvgIpc) is 2.84. The number of nitrogens with zero attached hydrogens (tertiary/aromatic N) is 1. The maximum Gasteiger partial charge on any atom is 0.263 e. The zero-order valence-electron chi connectivity index (χ0n) is 11.5. The molecular weight excluding hydrogens is 280 g/mol. The van der Waals surface area contributed by atoms with Gasteiger partial charge in [-0.2, -0.15) is 0 Å². The van der Waals surface area contributed by atoms with Crippen LogP contribution in [0.3, 0.4) is 0 Å². The van der Waals surface area contributed by atoms with Gasteiger partial charge < -0.3 is 26.0 Å². The van der Waals surface area contributed by atoms with Crippen molar-refractivity contribution in [1.29, 1.82) is 0 Å². The fourth-order valence-electron chi connectivity index (χ4n) is 2.05. The highest BCUT2D eigenvalue weighted by molar-refractivity contribution is 7.19. The number of hydrogen-bond acceptors (Lipinski definition) is 6. The van der Waals surface area contributed by atoms with Crippen molar-refractivity contribution in [1.82, 2.24) is 10.6 Å². The molecule has 1 aromatic heterocycles. The molecule has 0 saturated carbocycles. The molecular formula is C12H18N4O3S. The minimum Gasteiger partial charge on any atom is -0.397 e. The number of carbonyl (C=O) groups excluding carboxylic acids is 2. The molecule has 1 aliphatic rings. The third-order valence-electron chi connectivity index (χ3n) is 3.11. The highest BCUT2D eigenvalue weighted by Crippen LogP contribution is 2.38. The fraction of sp³-hybridized carbons (Fsp3) is 0.500. The summed E-state index contributed by atoms with van der Waals surface area (Å²) in [5.74, 6) is -0.562. The number of nitrogen functional groups attached to an aromatic ring is 1. The van der Waals surface area contributed by atoms with Crippen LogP contribution in [-0.4, -0.2) is 52.2 Å². The van der Waals surface area contributed by atoms with Crippen molar-refractivity contribution in [2.75, 3.05) is 51.0 Å². The molecule has 1 aliphatic heterocycles. The summed E-state index contributed by atoms with van der Waals surface area (Å²) in [6.45, 7) is 2.55. The number of anilines is 2. The number of carbonyl (C=O) groups is 2. The van der Waals surface area contributed by atoms with Crippen molar-refractivity contribution in [2.45, 2.75) is 0 Å². The van der Waals surface area contributed by atoms with Crippen LogP contribution in [0, 0.1) is 0 Å². The second-order valence-electron chi connectivity index (χ2n) is 4.28. The summed E-state index contributed by atoms with van der Waals surface area (Å²) >= 11 is 1.24. The van der Waals surface area contributed by atoms with Gasteiger partial charge >= 0.3 is 0 Å². The molecule has 20 heavy (non-hydrogen) atoms. The van der Waals surface area contributed by atoms with Crippen LogP contribution in [0.4, 0.5) is 10.7 Å². The number of nitrogens with one attached hydrogen (secondary N) is 2. The monoisotopic (exact) mass is 298 g/mol. The van der Waals surface area contributed by atoms with Crippen LogP contribution >= 0.6 is 11.3 Å². The highest BCUT2D eigenvalue weighted by Gasteiger charge is 2.28. The summed E-state index contributed by atoms with van der Waals surface area (Å²) in [4.78, 5) is 26.3. The lowest BCUT2D eigenvalue weighted by molar-refractivity contribution is 0.0961. The average molecular weight is 298 g/mol. The number of amides is 2. The van der Waals surface area contributed by atoms with Gasteiger partial charge in [0.25, 0.3) is 11.8 Å². The van der Waals surface area contributed by atoms with E-state index in [2.05, 4.69) is 10.6 Å². The molecule has 110 valence electrons. The van der Waals surface area contributed by atoms with Gasteiger partial charge in [0.05, 0.1) is 24.5 Å². The molecule has 0 unspecified atom stereocenters. The van der Waals surface area contributed by atoms with E-state index in [1.807, 2.05) is 4.90 Å². The third-order valence-corrected chi connectivity index (χ3v) is 4.38. The molecule has 2 rings (SSSR count). The molecule has 2 amide bonds. The van der Waals surface area contributed by atoms with Crippen molar-refractivity contribution in [3.8, 4) is 0 Å². The molecule has 4 N–H and O–H groups in total. The molecule has 1 saturated heterocycles. The Labute approximate surface area is 121 Å². The summed E-state index contributed by atoms with van der Waals surface area (Å²) in [6.07, 6.45) is 0. The van der Waals surface area contributed by atoms with Crippen LogP contribution in [0.5, 0.6) is 0 Å². The van der Waals surface area contributed by atoms with E-state index in [1.165, 1.54) is 18.4 Å². The molecule has 1 fully saturated rings. The second kappa shape index (κ2) is 6.10. The lowest BCUT2D eigenvalue weighted by Crippen LogP contribution is -2.37. The Morgan fingerprint density at radius 2 is 1.80 bits per heavy atom. The Hall–Kier alpha value is -1.80. The molecule has 0 aromatic carbocycles. The number of thiophene rings is 1. The topological polar surface area (TPSA) is 96.7 Å². The van der Waals surface area contributed by atoms with Gasteiger partial charge in [-0.25, -0.2) is 0 Å². The number of morpholine rings is 1. The van der Waals surface area contributed by atoms with Gasteiger partial charge in [0.1, 0.15) is 9.88 Å². The van der Waals surface area contributed by atoms with Crippen LogP contribution < -0.4 is 21.3 Å². The van der Waals surface area contributed by atoms with E-state index in [-0.39, 0.29) is 17.5 Å². The first kappa shape index (κ1) is 14.6. The van der Waals surface area contributed by atoms with Crippen LogP contribution in [0.25, 0.3) is 0 Å². The predicted octanol–water partition coefficient (Wildman–Crippen LogP) is -0.114. The first-order chi connectivity index (χ1) is 9.60. The lowest BCUT2D eigenvalue weighted by atomic mass is 10.2. The zero-order chi connectivity index (χ0) is 14.7. The number of hydrogen-bond donors (Lipinski definition) is 3. The van der Waals surface area contributed by atoms with Gasteiger partial charge in [-0.15, -0.1) is 11.3 Å². The van der Waals surface area contributed by atoms with Crippen molar-refractivity contribution in [3.05, 3.63) is 10.4 Å². The Morgan fingerprint density at radius 1 is 1.20 bits per heavy atom. The minimum atomic E-state index is -0.282. The number of nitrogens with two attached hydrogens (primary N) is 1. The Balaban J connectivity index is 2.47. The maximum atomic E-state index is 12.0. The first-order valence-corrected chi connectivity index (χ1v) is 7.11. The fourth-order valence-corrected chi connectivity index (χ4v) is 3.26. The highest BCUT2D eigenvalue weighted by atomic mass is 32.1. The molecule has 1 aromatic rings. The Morgan fingerprint density at radius 3 is 2.35 bits per heavy atom. The normalized spacial score (nSPS) is 15.0. The summed E-state index contributed by atoms with van der Waals surface area (Å²) in [7, 11) is 3.08. The Kier molecular flexibility index (Phi) is 4.46. The van der Waals surface area contributed by atoms with Crippen molar-refractivity contribution in [2.24, 2.45) is 0 Å². The molecule has 0 radical (unpaired) electrons. The van der Waals surface area contributed by atoms with Crippen LogP contribution in [0.1, 0.15) is 20.0 Å². The molecule has 8 heteroatoms. The standard InChI is InChI=1S/C12H18N4O3S/c1-14-10(17)7-8(13)9(11(18)15-2)20-12(7)16-3-5-19-6-4-16/h3-6,13H2,1-2H3,(H,14,17)(H,15,18). The summed E-state index contributed by atoms with van der Waals surface area (Å²) < 4.78 is 5.31. The van der Waals surface area contributed by atoms with E-state index in [4.69, 9.17) is 10.5 Å². The van der Waals surface area contributed by atoms with Crippen molar-refractivity contribution >= 4 is 33.8 Å². The van der Waals surface area contributed by atoms with E-state index in [0.717, 1.165) is 5.00 Å². The van der Waals surface area contributed by atoms with Crippen LogP contribution in [0.15, 0.2) is 0 Å². The van der Waals surface area contributed by atoms with Gasteiger partial charge in [-0.05, 0) is 0 Å². The minimum absolute atomic E-state index is 0.232. The van der Waals surface area contributed by atoms with Crippen molar-refractivity contribution < 1.29 is 14.3 Å². The SMILES string of the molecule is CNC(=O)c1sc(N2CCOCC2)c(C(=O)NC)c1N. The lowest BCUT2D eigenvalue weighted by Gasteiger charge is -2.28. The smallest absolute Gasteiger partial charge is 0.263 e. The molecule has 0 spiro atoms. The van der Waals surface area contributed by atoms with E-state index in [0.29, 0.717) is 36.7 Å². The third kappa shape index (κ3) is 2.56. The predicted molar refractivity (Wildman–Crippen MR) is 78.5 cm³/mol. The van der Waals surface area contributed by atoms with Gasteiger partial charge in [0.15, 0.2) is 0 Å². The Bertz CT molecular complexity index is 523. The second-order valence-corrected chi connectivity index (χ2v) is 5.28. The first-order valence-electron chi connectivity index (χ1n) is 6.29. The summed E-state index contributed by atoms with van der Waals surface area (Å²) in [6, 6.07) is 0. The summed E-state index contributed by atoms with van der Waals surface area (Å²) in [5.41, 5.74) is 6.60. The van der Waals surface area contributed by atoms with Gasteiger partial charge in [-0.1, -0.05) is 0 Å². The summed E-state index contributed by atoms with van der Waals surface area (Å²) in [5, 5.41) is 5.83. The van der Waals surface area contributed by atoms with Crippen LogP contribution in [0.2, 0.25) is 0 Å². The molecule has 2 heterocycles. The largest absolute Gasteiger partial charge is 0.397 e. The van der Waals surface area contributed by atoms with E-state index in [9.17, 15) is 9.59 Å². The van der Waals surface area contributed by atoms with E-state index < -0.39 is 0 Å².